The topological polar surface area (TPSA) is 62.5 Å². The molecule has 0 bridgehead atoms. The van der Waals surface area contributed by atoms with Crippen LogP contribution in [0, 0.1) is 5.92 Å². The number of hydrogen-bond acceptors (Lipinski definition) is 5. The standard InChI is InChI=1S/C20H34N4O3.HI/c1-23(16-18-6-13-26-17-18)20(22-8-5-19-4-2-12-27-19)21-7-3-9-24-10-14-25-15-11-24;/h2,4,12,18H,3,5-11,13-17H2,1H3,(H,21,22);1H. The number of halogens is 1. The fraction of sp³-hybridized carbons (Fsp3) is 0.750. The highest BCUT2D eigenvalue weighted by Crippen LogP contribution is 2.13. The first-order valence-electron chi connectivity index (χ1n) is 10.2. The minimum Gasteiger partial charge on any atom is -0.469 e. The van der Waals surface area contributed by atoms with E-state index < -0.39 is 0 Å². The Balaban J connectivity index is 0.00000280. The molecule has 160 valence electrons. The summed E-state index contributed by atoms with van der Waals surface area (Å²) >= 11 is 0. The van der Waals surface area contributed by atoms with Gasteiger partial charge in [-0.05, 0) is 25.0 Å². The summed E-state index contributed by atoms with van der Waals surface area (Å²) in [6.07, 6.45) is 4.80. The van der Waals surface area contributed by atoms with E-state index in [4.69, 9.17) is 18.9 Å². The fourth-order valence-electron chi connectivity index (χ4n) is 3.57. The Morgan fingerprint density at radius 1 is 1.29 bits per heavy atom. The summed E-state index contributed by atoms with van der Waals surface area (Å²) in [6, 6.07) is 3.95. The molecular weight excluding hydrogens is 471 g/mol. The molecule has 0 spiro atoms. The number of hydrogen-bond donors (Lipinski definition) is 1. The molecule has 0 aromatic carbocycles. The molecule has 1 aromatic heterocycles. The van der Waals surface area contributed by atoms with Gasteiger partial charge >= 0.3 is 0 Å². The van der Waals surface area contributed by atoms with Crippen molar-refractivity contribution in [3.63, 3.8) is 0 Å². The van der Waals surface area contributed by atoms with Crippen LogP contribution in [0.4, 0.5) is 0 Å². The highest BCUT2D eigenvalue weighted by atomic mass is 127. The molecule has 3 rings (SSSR count). The second-order valence-corrected chi connectivity index (χ2v) is 7.38. The van der Waals surface area contributed by atoms with E-state index >= 15 is 0 Å². The highest BCUT2D eigenvalue weighted by Gasteiger charge is 2.19. The van der Waals surface area contributed by atoms with Gasteiger partial charge in [-0.25, -0.2) is 0 Å². The Bertz CT molecular complexity index is 544. The first-order valence-corrected chi connectivity index (χ1v) is 10.2. The summed E-state index contributed by atoms with van der Waals surface area (Å²) in [5.41, 5.74) is 0. The highest BCUT2D eigenvalue weighted by molar-refractivity contribution is 14.0. The van der Waals surface area contributed by atoms with Crippen molar-refractivity contribution in [2.45, 2.75) is 19.3 Å². The fourth-order valence-corrected chi connectivity index (χ4v) is 3.57. The lowest BCUT2D eigenvalue weighted by Crippen LogP contribution is -2.42. The second-order valence-electron chi connectivity index (χ2n) is 7.38. The molecule has 2 aliphatic rings. The zero-order valence-electron chi connectivity index (χ0n) is 17.0. The van der Waals surface area contributed by atoms with E-state index in [2.05, 4.69) is 22.2 Å². The zero-order chi connectivity index (χ0) is 18.7. The van der Waals surface area contributed by atoms with Gasteiger partial charge in [-0.15, -0.1) is 24.0 Å². The Morgan fingerprint density at radius 3 is 2.86 bits per heavy atom. The molecular formula is C20H35IN4O3. The quantitative estimate of drug-likeness (QED) is 0.240. The van der Waals surface area contributed by atoms with Gasteiger partial charge in [0.15, 0.2) is 5.96 Å². The lowest BCUT2D eigenvalue weighted by atomic mass is 10.1. The molecule has 1 aromatic rings. The smallest absolute Gasteiger partial charge is 0.193 e. The molecule has 8 heteroatoms. The molecule has 0 amide bonds. The average Bonchev–Trinajstić information content (AvgIpc) is 3.38. The number of ether oxygens (including phenoxy) is 2. The molecule has 1 N–H and O–H groups in total. The van der Waals surface area contributed by atoms with Crippen LogP contribution in [-0.4, -0.2) is 88.5 Å². The average molecular weight is 506 g/mol. The van der Waals surface area contributed by atoms with Gasteiger partial charge in [0, 0.05) is 65.3 Å². The number of morpholine rings is 1. The summed E-state index contributed by atoms with van der Waals surface area (Å²) in [6.45, 7) is 9.27. The van der Waals surface area contributed by atoms with Crippen LogP contribution in [0.1, 0.15) is 18.6 Å². The van der Waals surface area contributed by atoms with Crippen LogP contribution in [0.25, 0.3) is 0 Å². The molecule has 0 aliphatic carbocycles. The lowest BCUT2D eigenvalue weighted by molar-refractivity contribution is 0.0377. The van der Waals surface area contributed by atoms with Gasteiger partial charge in [-0.3, -0.25) is 9.89 Å². The molecule has 0 saturated carbocycles. The maximum absolute atomic E-state index is 5.52. The van der Waals surface area contributed by atoms with Crippen LogP contribution in [0.15, 0.2) is 27.8 Å². The van der Waals surface area contributed by atoms with E-state index in [1.54, 1.807) is 6.26 Å². The van der Waals surface area contributed by atoms with E-state index in [-0.39, 0.29) is 24.0 Å². The van der Waals surface area contributed by atoms with Crippen molar-refractivity contribution < 1.29 is 13.9 Å². The van der Waals surface area contributed by atoms with E-state index in [0.717, 1.165) is 96.7 Å². The molecule has 3 heterocycles. The Kier molecular flexibility index (Phi) is 11.2. The minimum absolute atomic E-state index is 0. The van der Waals surface area contributed by atoms with Crippen LogP contribution in [0.3, 0.4) is 0 Å². The number of furan rings is 1. The zero-order valence-corrected chi connectivity index (χ0v) is 19.3. The molecule has 7 nitrogen and oxygen atoms in total. The molecule has 2 fully saturated rings. The predicted molar refractivity (Wildman–Crippen MR) is 122 cm³/mol. The van der Waals surface area contributed by atoms with Crippen molar-refractivity contribution in [3.8, 4) is 0 Å². The van der Waals surface area contributed by atoms with Crippen molar-refractivity contribution in [1.29, 1.82) is 0 Å². The molecule has 0 radical (unpaired) electrons. The summed E-state index contributed by atoms with van der Waals surface area (Å²) in [5, 5.41) is 3.51. The number of nitrogens with one attached hydrogen (secondary N) is 1. The lowest BCUT2D eigenvalue weighted by Gasteiger charge is -2.27. The number of rotatable bonds is 9. The van der Waals surface area contributed by atoms with Crippen molar-refractivity contribution in [1.82, 2.24) is 15.1 Å². The first-order chi connectivity index (χ1) is 13.3. The van der Waals surface area contributed by atoms with Crippen molar-refractivity contribution in [2.24, 2.45) is 10.9 Å². The predicted octanol–water partition coefficient (Wildman–Crippen LogP) is 2.08. The van der Waals surface area contributed by atoms with Crippen LogP contribution < -0.4 is 5.32 Å². The Labute approximate surface area is 185 Å². The third kappa shape index (κ3) is 8.26. The summed E-state index contributed by atoms with van der Waals surface area (Å²) < 4.78 is 16.4. The summed E-state index contributed by atoms with van der Waals surface area (Å²) in [4.78, 5) is 9.58. The maximum atomic E-state index is 5.52. The van der Waals surface area contributed by atoms with Gasteiger partial charge in [0.1, 0.15) is 5.76 Å². The molecule has 2 saturated heterocycles. The Morgan fingerprint density at radius 2 is 2.14 bits per heavy atom. The molecule has 1 atom stereocenters. The number of guanidine groups is 1. The molecule has 1 unspecified atom stereocenters. The van der Waals surface area contributed by atoms with E-state index in [9.17, 15) is 0 Å². The normalized spacial score (nSPS) is 20.8. The Hall–Kier alpha value is -0.840. The monoisotopic (exact) mass is 506 g/mol. The van der Waals surface area contributed by atoms with Gasteiger partial charge in [0.25, 0.3) is 0 Å². The second kappa shape index (κ2) is 13.4. The minimum atomic E-state index is 0. The van der Waals surface area contributed by atoms with E-state index in [0.29, 0.717) is 5.92 Å². The number of nitrogens with zero attached hydrogens (tertiary/aromatic N) is 3. The van der Waals surface area contributed by atoms with Crippen molar-refractivity contribution in [3.05, 3.63) is 24.2 Å². The third-order valence-corrected chi connectivity index (χ3v) is 5.15. The van der Waals surface area contributed by atoms with Gasteiger partial charge in [-0.2, -0.15) is 0 Å². The van der Waals surface area contributed by atoms with Gasteiger partial charge in [0.2, 0.25) is 0 Å². The van der Waals surface area contributed by atoms with Gasteiger partial charge in [-0.1, -0.05) is 0 Å². The maximum Gasteiger partial charge on any atom is 0.193 e. The van der Waals surface area contributed by atoms with Crippen LogP contribution in [0.2, 0.25) is 0 Å². The SMILES string of the molecule is CN(CC1CCOC1)C(=NCCCN1CCOCC1)NCCc1ccco1.I. The molecule has 28 heavy (non-hydrogen) atoms. The van der Waals surface area contributed by atoms with Crippen LogP contribution >= 0.6 is 24.0 Å². The van der Waals surface area contributed by atoms with E-state index in [1.807, 2.05) is 12.1 Å². The van der Waals surface area contributed by atoms with Crippen molar-refractivity contribution >= 4 is 29.9 Å². The van der Waals surface area contributed by atoms with Gasteiger partial charge in [0.05, 0.1) is 26.1 Å². The van der Waals surface area contributed by atoms with Crippen molar-refractivity contribution in [2.75, 3.05) is 72.7 Å². The van der Waals surface area contributed by atoms with E-state index in [1.165, 1.54) is 0 Å². The van der Waals surface area contributed by atoms with Gasteiger partial charge < -0.3 is 24.1 Å². The third-order valence-electron chi connectivity index (χ3n) is 5.15. The molecule has 2 aliphatic heterocycles. The van der Waals surface area contributed by atoms with Crippen LogP contribution in [0.5, 0.6) is 0 Å². The first kappa shape index (κ1) is 23.4. The summed E-state index contributed by atoms with van der Waals surface area (Å²) in [7, 11) is 2.12. The largest absolute Gasteiger partial charge is 0.469 e. The number of aliphatic imine (C=N–C) groups is 1. The summed E-state index contributed by atoms with van der Waals surface area (Å²) in [5.74, 6) is 2.58. The van der Waals surface area contributed by atoms with Crippen LogP contribution in [-0.2, 0) is 15.9 Å².